The van der Waals surface area contributed by atoms with Crippen LogP contribution in [0, 0.1) is 0 Å². The number of H-pyrrole nitrogens is 1. The Morgan fingerprint density at radius 3 is 2.48 bits per heavy atom. The fourth-order valence-corrected chi connectivity index (χ4v) is 4.38. The Bertz CT molecular complexity index is 1070. The van der Waals surface area contributed by atoms with Gasteiger partial charge in [-0.3, -0.25) is 9.59 Å². The van der Waals surface area contributed by atoms with E-state index in [2.05, 4.69) is 10.3 Å². The van der Waals surface area contributed by atoms with Gasteiger partial charge in [-0.1, -0.05) is 18.2 Å². The van der Waals surface area contributed by atoms with Gasteiger partial charge in [0.1, 0.15) is 6.04 Å². The van der Waals surface area contributed by atoms with Gasteiger partial charge in [0.2, 0.25) is 15.9 Å². The van der Waals surface area contributed by atoms with Crippen molar-refractivity contribution in [3.05, 3.63) is 36.0 Å². The third-order valence-corrected chi connectivity index (χ3v) is 6.46. The molecule has 0 saturated carbocycles. The fraction of sp³-hybridized carbons (Fsp3) is 0.450. The molecular weight excluding hydrogens is 424 g/mol. The van der Waals surface area contributed by atoms with Crippen LogP contribution < -0.4 is 5.32 Å². The minimum absolute atomic E-state index is 0.202. The number of aromatic nitrogens is 1. The lowest BCUT2D eigenvalue weighted by molar-refractivity contribution is -0.154. The topological polar surface area (TPSA) is 129 Å². The van der Waals surface area contributed by atoms with Gasteiger partial charge in [-0.25, -0.2) is 13.2 Å². The van der Waals surface area contributed by atoms with Crippen molar-refractivity contribution in [3.63, 3.8) is 0 Å². The quantitative estimate of drug-likeness (QED) is 0.565. The summed E-state index contributed by atoms with van der Waals surface area (Å²) in [6.45, 7) is 1.70. The van der Waals surface area contributed by atoms with Crippen LogP contribution >= 0.6 is 0 Å². The Labute approximate surface area is 180 Å². The van der Waals surface area contributed by atoms with Crippen LogP contribution in [-0.2, 0) is 35.6 Å². The lowest BCUT2D eigenvalue weighted by Crippen LogP contribution is -2.51. The van der Waals surface area contributed by atoms with Crippen molar-refractivity contribution in [2.24, 2.45) is 0 Å². The standard InChI is InChI=1S/C20H26N4O6S/c1-14(25)22-18(11-15-12-21-17-6-4-3-5-16(15)17)20(27)30-13-19(26)23-7-9-24(10-8-23)31(2,28)29/h3-6,12,18,21H,7-11,13H2,1-2H3,(H,22,25)/t18-/m0/s1. The van der Waals surface area contributed by atoms with Crippen LogP contribution in [0.25, 0.3) is 10.9 Å². The molecule has 1 saturated heterocycles. The number of esters is 1. The molecule has 3 rings (SSSR count). The highest BCUT2D eigenvalue weighted by Crippen LogP contribution is 2.19. The van der Waals surface area contributed by atoms with Gasteiger partial charge in [0.05, 0.1) is 6.26 Å². The first-order valence-corrected chi connectivity index (χ1v) is 11.7. The van der Waals surface area contributed by atoms with Crippen LogP contribution in [0.4, 0.5) is 0 Å². The van der Waals surface area contributed by atoms with E-state index >= 15 is 0 Å². The molecule has 0 spiro atoms. The first-order valence-electron chi connectivity index (χ1n) is 9.87. The zero-order valence-corrected chi connectivity index (χ0v) is 18.3. The van der Waals surface area contributed by atoms with Crippen LogP contribution in [0.15, 0.2) is 30.5 Å². The lowest BCUT2D eigenvalue weighted by Gasteiger charge is -2.33. The molecule has 1 aromatic carbocycles. The molecule has 2 amide bonds. The number of ether oxygens (including phenoxy) is 1. The van der Waals surface area contributed by atoms with E-state index in [1.165, 1.54) is 16.1 Å². The van der Waals surface area contributed by atoms with Crippen LogP contribution in [0.1, 0.15) is 12.5 Å². The van der Waals surface area contributed by atoms with Gasteiger partial charge in [0, 0.05) is 56.6 Å². The molecule has 1 aliphatic rings. The van der Waals surface area contributed by atoms with Crippen molar-refractivity contribution in [1.82, 2.24) is 19.5 Å². The highest BCUT2D eigenvalue weighted by molar-refractivity contribution is 7.88. The second-order valence-electron chi connectivity index (χ2n) is 7.47. The van der Waals surface area contributed by atoms with Crippen molar-refractivity contribution < 1.29 is 27.5 Å². The van der Waals surface area contributed by atoms with Crippen LogP contribution in [0.5, 0.6) is 0 Å². The largest absolute Gasteiger partial charge is 0.454 e. The zero-order valence-electron chi connectivity index (χ0n) is 17.5. The van der Waals surface area contributed by atoms with E-state index < -0.39 is 34.5 Å². The Hall–Kier alpha value is -2.92. The summed E-state index contributed by atoms with van der Waals surface area (Å²) >= 11 is 0. The molecule has 31 heavy (non-hydrogen) atoms. The molecule has 0 bridgehead atoms. The van der Waals surface area contributed by atoms with Gasteiger partial charge in [0.15, 0.2) is 6.61 Å². The summed E-state index contributed by atoms with van der Waals surface area (Å²) in [5.41, 5.74) is 1.75. The number of aromatic amines is 1. The zero-order chi connectivity index (χ0) is 22.6. The predicted octanol–water partition coefficient (Wildman–Crippen LogP) is -0.138. The lowest BCUT2D eigenvalue weighted by atomic mass is 10.0. The molecule has 0 unspecified atom stereocenters. The summed E-state index contributed by atoms with van der Waals surface area (Å²) in [5.74, 6) is -1.50. The molecule has 2 heterocycles. The molecule has 10 nitrogen and oxygen atoms in total. The number of sulfonamides is 1. The van der Waals surface area contributed by atoms with E-state index in [4.69, 9.17) is 4.74 Å². The molecule has 1 aromatic heterocycles. The highest BCUT2D eigenvalue weighted by atomic mass is 32.2. The van der Waals surface area contributed by atoms with Gasteiger partial charge in [-0.2, -0.15) is 4.31 Å². The van der Waals surface area contributed by atoms with Gasteiger partial charge in [-0.05, 0) is 11.6 Å². The minimum atomic E-state index is -3.30. The molecule has 0 aliphatic carbocycles. The van der Waals surface area contributed by atoms with Crippen molar-refractivity contribution in [2.45, 2.75) is 19.4 Å². The number of para-hydroxylation sites is 1. The summed E-state index contributed by atoms with van der Waals surface area (Å²) in [5, 5.41) is 3.52. The number of benzene rings is 1. The molecule has 0 radical (unpaired) electrons. The fourth-order valence-electron chi connectivity index (χ4n) is 3.55. The molecular formula is C20H26N4O6S. The number of rotatable bonds is 7. The Balaban J connectivity index is 1.58. The van der Waals surface area contributed by atoms with Gasteiger partial charge < -0.3 is 19.9 Å². The van der Waals surface area contributed by atoms with Crippen LogP contribution in [0.2, 0.25) is 0 Å². The monoisotopic (exact) mass is 450 g/mol. The van der Waals surface area contributed by atoms with Crippen molar-refractivity contribution in [2.75, 3.05) is 39.0 Å². The van der Waals surface area contributed by atoms with E-state index in [1.54, 1.807) is 6.20 Å². The number of piperazine rings is 1. The number of carbonyl (C=O) groups is 3. The van der Waals surface area contributed by atoms with Crippen molar-refractivity contribution >= 4 is 38.7 Å². The summed E-state index contributed by atoms with van der Waals surface area (Å²) in [7, 11) is -3.30. The number of fused-ring (bicyclic) bond motifs is 1. The number of carbonyl (C=O) groups excluding carboxylic acids is 3. The molecule has 2 aromatic rings. The van der Waals surface area contributed by atoms with Crippen LogP contribution in [0.3, 0.4) is 0 Å². The molecule has 168 valence electrons. The predicted molar refractivity (Wildman–Crippen MR) is 114 cm³/mol. The maximum absolute atomic E-state index is 12.6. The first-order chi connectivity index (χ1) is 14.6. The average molecular weight is 451 g/mol. The average Bonchev–Trinajstić information content (AvgIpc) is 3.13. The second kappa shape index (κ2) is 9.48. The highest BCUT2D eigenvalue weighted by Gasteiger charge is 2.28. The maximum atomic E-state index is 12.6. The van der Waals surface area contributed by atoms with Gasteiger partial charge >= 0.3 is 5.97 Å². The van der Waals surface area contributed by atoms with E-state index in [9.17, 15) is 22.8 Å². The van der Waals surface area contributed by atoms with Crippen LogP contribution in [-0.4, -0.2) is 85.5 Å². The van der Waals surface area contributed by atoms with Crippen molar-refractivity contribution in [1.29, 1.82) is 0 Å². The number of hydrogen-bond acceptors (Lipinski definition) is 6. The summed E-state index contributed by atoms with van der Waals surface area (Å²) < 4.78 is 29.6. The van der Waals surface area contributed by atoms with Crippen molar-refractivity contribution in [3.8, 4) is 0 Å². The van der Waals surface area contributed by atoms with E-state index in [1.807, 2.05) is 24.3 Å². The van der Waals surface area contributed by atoms with E-state index in [0.29, 0.717) is 0 Å². The summed E-state index contributed by atoms with van der Waals surface area (Å²) in [6.07, 6.45) is 3.12. The number of amides is 2. The molecule has 11 heteroatoms. The smallest absolute Gasteiger partial charge is 0.329 e. The Morgan fingerprint density at radius 1 is 1.16 bits per heavy atom. The molecule has 1 atom stereocenters. The third-order valence-electron chi connectivity index (χ3n) is 5.16. The Morgan fingerprint density at radius 2 is 1.84 bits per heavy atom. The summed E-state index contributed by atoms with van der Waals surface area (Å²) in [4.78, 5) is 41.2. The second-order valence-corrected chi connectivity index (χ2v) is 9.45. The van der Waals surface area contributed by atoms with E-state index in [0.717, 1.165) is 22.7 Å². The number of hydrogen-bond donors (Lipinski definition) is 2. The molecule has 1 fully saturated rings. The number of nitrogens with one attached hydrogen (secondary N) is 2. The maximum Gasteiger partial charge on any atom is 0.329 e. The summed E-state index contributed by atoms with van der Waals surface area (Å²) in [6, 6.07) is 6.66. The molecule has 1 aliphatic heterocycles. The number of nitrogens with zero attached hydrogens (tertiary/aromatic N) is 2. The van der Waals surface area contributed by atoms with Gasteiger partial charge in [0.25, 0.3) is 5.91 Å². The minimum Gasteiger partial charge on any atom is -0.454 e. The van der Waals surface area contributed by atoms with E-state index in [-0.39, 0.29) is 38.5 Å². The van der Waals surface area contributed by atoms with Gasteiger partial charge in [-0.15, -0.1) is 0 Å². The first kappa shape index (κ1) is 22.8. The molecule has 2 N–H and O–H groups in total. The SMILES string of the molecule is CC(=O)N[C@@H](Cc1c[nH]c2ccccc12)C(=O)OCC(=O)N1CCN(S(C)(=O)=O)CC1. The normalized spacial score (nSPS) is 16.1. The Kier molecular flexibility index (Phi) is 6.96. The third kappa shape index (κ3) is 5.82.